The zero-order valence-corrected chi connectivity index (χ0v) is 12.6. The lowest BCUT2D eigenvalue weighted by Crippen LogP contribution is -2.18. The first-order valence-electron chi connectivity index (χ1n) is 6.40. The number of aryl methyl sites for hydroxylation is 1. The van der Waals surface area contributed by atoms with E-state index in [1.54, 1.807) is 42.6 Å². The minimum Gasteiger partial charge on any atom is -0.482 e. The summed E-state index contributed by atoms with van der Waals surface area (Å²) in [7, 11) is 0. The van der Waals surface area contributed by atoms with Gasteiger partial charge >= 0.3 is 5.97 Å². The van der Waals surface area contributed by atoms with Gasteiger partial charge in [-0.1, -0.05) is 22.8 Å². The number of amidine groups is 1. The van der Waals surface area contributed by atoms with Crippen molar-refractivity contribution in [2.24, 2.45) is 10.9 Å². The molecule has 0 fully saturated rings. The molecule has 0 saturated carbocycles. The number of carbonyl (C=O) groups is 1. The van der Waals surface area contributed by atoms with Crippen LogP contribution in [0.1, 0.15) is 11.3 Å². The molecule has 2 aromatic rings. The predicted octanol–water partition coefficient (Wildman–Crippen LogP) is 2.29. The van der Waals surface area contributed by atoms with Crippen molar-refractivity contribution in [2.45, 2.75) is 6.92 Å². The number of hydrogen-bond donors (Lipinski definition) is 1. The first-order valence-corrected chi connectivity index (χ1v) is 6.77. The standard InChI is InChI=1S/C15H14ClN3O3/c1-10-8-11(5-6-12(10)16)21-9-14(20)22-19-15(17)13-4-2-3-7-18-13/h2-8H,9H2,1H3,(H2,17,19). The molecule has 0 saturated heterocycles. The number of carbonyl (C=O) groups excluding carboxylic acids is 1. The van der Waals surface area contributed by atoms with E-state index in [4.69, 9.17) is 22.1 Å². The molecule has 0 unspecified atom stereocenters. The summed E-state index contributed by atoms with van der Waals surface area (Å²) in [5, 5.41) is 4.15. The Hall–Kier alpha value is -2.60. The summed E-state index contributed by atoms with van der Waals surface area (Å²) in [5.41, 5.74) is 6.91. The Balaban J connectivity index is 1.86. The molecule has 1 heterocycles. The molecule has 0 bridgehead atoms. The van der Waals surface area contributed by atoms with Gasteiger partial charge in [-0.15, -0.1) is 0 Å². The molecule has 1 aromatic carbocycles. The largest absolute Gasteiger partial charge is 0.482 e. The fourth-order valence-electron chi connectivity index (χ4n) is 1.54. The van der Waals surface area contributed by atoms with E-state index in [-0.39, 0.29) is 12.4 Å². The van der Waals surface area contributed by atoms with Gasteiger partial charge in [-0.25, -0.2) is 4.79 Å². The highest BCUT2D eigenvalue weighted by Gasteiger charge is 2.07. The Morgan fingerprint density at radius 3 is 2.86 bits per heavy atom. The number of nitrogens with two attached hydrogens (primary N) is 1. The summed E-state index contributed by atoms with van der Waals surface area (Å²) < 4.78 is 5.28. The molecule has 2 N–H and O–H groups in total. The molecule has 0 atom stereocenters. The maximum Gasteiger partial charge on any atom is 0.372 e. The van der Waals surface area contributed by atoms with E-state index in [0.29, 0.717) is 16.5 Å². The van der Waals surface area contributed by atoms with Crippen molar-refractivity contribution in [1.82, 2.24) is 4.98 Å². The molecule has 22 heavy (non-hydrogen) atoms. The minimum atomic E-state index is -0.675. The topological polar surface area (TPSA) is 86.8 Å². The summed E-state index contributed by atoms with van der Waals surface area (Å²) in [6.45, 7) is 1.55. The summed E-state index contributed by atoms with van der Waals surface area (Å²) in [5.74, 6) is -0.150. The van der Waals surface area contributed by atoms with Gasteiger partial charge in [0.15, 0.2) is 12.4 Å². The third-order valence-electron chi connectivity index (χ3n) is 2.66. The molecule has 0 radical (unpaired) electrons. The Labute approximate surface area is 132 Å². The number of pyridine rings is 1. The molecule has 2 rings (SSSR count). The van der Waals surface area contributed by atoms with Crippen LogP contribution in [0.4, 0.5) is 0 Å². The number of oxime groups is 1. The Bertz CT molecular complexity index is 690. The molecule has 1 aromatic heterocycles. The smallest absolute Gasteiger partial charge is 0.372 e. The highest BCUT2D eigenvalue weighted by Crippen LogP contribution is 2.20. The summed E-state index contributed by atoms with van der Waals surface area (Å²) in [6, 6.07) is 10.2. The predicted molar refractivity (Wildman–Crippen MR) is 82.7 cm³/mol. The van der Waals surface area contributed by atoms with Gasteiger partial charge in [0.25, 0.3) is 0 Å². The van der Waals surface area contributed by atoms with Gasteiger partial charge in [0.1, 0.15) is 11.4 Å². The zero-order valence-electron chi connectivity index (χ0n) is 11.8. The van der Waals surface area contributed by atoms with E-state index >= 15 is 0 Å². The van der Waals surface area contributed by atoms with Crippen LogP contribution >= 0.6 is 11.6 Å². The van der Waals surface area contributed by atoms with Crippen LogP contribution < -0.4 is 10.5 Å². The number of nitrogens with zero attached hydrogens (tertiary/aromatic N) is 2. The first kappa shape index (κ1) is 15.8. The number of hydrogen-bond acceptors (Lipinski definition) is 5. The number of rotatable bonds is 5. The second-order valence-corrected chi connectivity index (χ2v) is 4.76. The van der Waals surface area contributed by atoms with Gasteiger partial charge < -0.3 is 15.3 Å². The van der Waals surface area contributed by atoms with E-state index < -0.39 is 5.97 Å². The van der Waals surface area contributed by atoms with Gasteiger partial charge in [0.05, 0.1) is 0 Å². The molecule has 0 aliphatic carbocycles. The van der Waals surface area contributed by atoms with Gasteiger partial charge in [-0.3, -0.25) is 4.98 Å². The van der Waals surface area contributed by atoms with E-state index in [2.05, 4.69) is 15.0 Å². The minimum absolute atomic E-state index is 0.0105. The molecule has 0 amide bonds. The average Bonchev–Trinajstić information content (AvgIpc) is 2.54. The van der Waals surface area contributed by atoms with Crippen LogP contribution in [0, 0.1) is 6.92 Å². The maximum absolute atomic E-state index is 11.5. The van der Waals surface area contributed by atoms with Gasteiger partial charge in [0.2, 0.25) is 0 Å². The number of halogens is 1. The van der Waals surface area contributed by atoms with Crippen LogP contribution in [0.3, 0.4) is 0 Å². The van der Waals surface area contributed by atoms with Gasteiger partial charge in [-0.2, -0.15) is 0 Å². The van der Waals surface area contributed by atoms with Crippen molar-refractivity contribution in [3.05, 3.63) is 58.9 Å². The van der Waals surface area contributed by atoms with Crippen molar-refractivity contribution in [3.63, 3.8) is 0 Å². The monoisotopic (exact) mass is 319 g/mol. The van der Waals surface area contributed by atoms with E-state index in [9.17, 15) is 4.79 Å². The molecular weight excluding hydrogens is 306 g/mol. The SMILES string of the molecule is Cc1cc(OCC(=O)O/N=C(/N)c2ccccn2)ccc1Cl. The average molecular weight is 320 g/mol. The summed E-state index contributed by atoms with van der Waals surface area (Å²) in [4.78, 5) is 20.2. The molecule has 6 nitrogen and oxygen atoms in total. The van der Waals surface area contributed by atoms with Crippen LogP contribution in [0.5, 0.6) is 5.75 Å². The fourth-order valence-corrected chi connectivity index (χ4v) is 1.65. The van der Waals surface area contributed by atoms with Gasteiger partial charge in [0, 0.05) is 11.2 Å². The van der Waals surface area contributed by atoms with Crippen LogP contribution in [0.25, 0.3) is 0 Å². The summed E-state index contributed by atoms with van der Waals surface area (Å²) >= 11 is 5.90. The Morgan fingerprint density at radius 2 is 2.18 bits per heavy atom. The number of ether oxygens (including phenoxy) is 1. The number of benzene rings is 1. The highest BCUT2D eigenvalue weighted by atomic mass is 35.5. The lowest BCUT2D eigenvalue weighted by molar-refractivity contribution is -0.146. The second-order valence-electron chi connectivity index (χ2n) is 4.35. The van der Waals surface area contributed by atoms with Crippen molar-refractivity contribution in [1.29, 1.82) is 0 Å². The maximum atomic E-state index is 11.5. The lowest BCUT2D eigenvalue weighted by atomic mass is 10.2. The first-order chi connectivity index (χ1) is 10.6. The van der Waals surface area contributed by atoms with Crippen molar-refractivity contribution < 1.29 is 14.4 Å². The molecule has 0 aliphatic rings. The molecule has 0 aliphatic heterocycles. The van der Waals surface area contributed by atoms with Crippen LogP contribution in [-0.2, 0) is 9.63 Å². The molecule has 0 spiro atoms. The van der Waals surface area contributed by atoms with E-state index in [0.717, 1.165) is 5.56 Å². The number of aromatic nitrogens is 1. The van der Waals surface area contributed by atoms with Crippen LogP contribution in [-0.4, -0.2) is 23.4 Å². The molecule has 114 valence electrons. The Kier molecular flexibility index (Phi) is 5.32. The van der Waals surface area contributed by atoms with Crippen LogP contribution in [0.2, 0.25) is 5.02 Å². The van der Waals surface area contributed by atoms with Crippen molar-refractivity contribution in [2.75, 3.05) is 6.61 Å². The normalized spacial score (nSPS) is 11.1. The van der Waals surface area contributed by atoms with Crippen molar-refractivity contribution >= 4 is 23.4 Å². The lowest BCUT2D eigenvalue weighted by Gasteiger charge is -2.06. The third kappa shape index (κ3) is 4.46. The third-order valence-corrected chi connectivity index (χ3v) is 3.08. The summed E-state index contributed by atoms with van der Waals surface area (Å²) in [6.07, 6.45) is 1.56. The highest BCUT2D eigenvalue weighted by molar-refractivity contribution is 6.31. The quantitative estimate of drug-likeness (QED) is 0.395. The zero-order chi connectivity index (χ0) is 15.9. The van der Waals surface area contributed by atoms with Crippen LogP contribution in [0.15, 0.2) is 47.8 Å². The van der Waals surface area contributed by atoms with E-state index in [1.165, 1.54) is 0 Å². The Morgan fingerprint density at radius 1 is 1.36 bits per heavy atom. The molecular formula is C15H14ClN3O3. The molecule has 7 heteroatoms. The van der Waals surface area contributed by atoms with Gasteiger partial charge in [-0.05, 0) is 42.8 Å². The van der Waals surface area contributed by atoms with E-state index in [1.807, 2.05) is 6.92 Å². The van der Waals surface area contributed by atoms with Crippen molar-refractivity contribution in [3.8, 4) is 5.75 Å². The fraction of sp³-hybridized carbons (Fsp3) is 0.133. The second kappa shape index (κ2) is 7.42.